The number of ether oxygens (including phenoxy) is 4. The molecule has 1 fully saturated rings. The van der Waals surface area contributed by atoms with Crippen LogP contribution >= 0.6 is 0 Å². The van der Waals surface area contributed by atoms with Gasteiger partial charge in [-0.05, 0) is 0 Å². The minimum Gasteiger partial charge on any atom is -1.00 e. The van der Waals surface area contributed by atoms with Crippen LogP contribution in [0.2, 0.25) is 0 Å². The molecule has 0 spiro atoms. The van der Waals surface area contributed by atoms with Gasteiger partial charge < -0.3 is 41.8 Å². The number of hydrogen-bond donors (Lipinski definition) is 2. The van der Waals surface area contributed by atoms with Gasteiger partial charge in [-0.25, -0.2) is 0 Å². The lowest BCUT2D eigenvalue weighted by atomic mass is 10.2. The Morgan fingerprint density at radius 3 is 2.18 bits per heavy atom. The molecule has 1 saturated carbocycles. The highest BCUT2D eigenvalue weighted by Crippen LogP contribution is 2.40. The minimum absolute atomic E-state index is 0. The molecule has 1 aromatic carbocycles. The number of hydrogen-bond acceptors (Lipinski definition) is 5. The molecule has 3 N–H and O–H groups in total. The molecule has 0 aliphatic heterocycles. The Morgan fingerprint density at radius 1 is 1.14 bits per heavy atom. The van der Waals surface area contributed by atoms with E-state index in [9.17, 15) is 5.11 Å². The van der Waals surface area contributed by atoms with Crippen molar-refractivity contribution in [3.63, 3.8) is 0 Å². The van der Waals surface area contributed by atoms with E-state index in [4.69, 9.17) is 18.9 Å². The van der Waals surface area contributed by atoms with Crippen molar-refractivity contribution >= 4 is 0 Å². The molecule has 126 valence electrons. The van der Waals surface area contributed by atoms with E-state index < -0.39 is 6.10 Å². The van der Waals surface area contributed by atoms with E-state index in [0.717, 1.165) is 0 Å². The molecule has 7 heteroatoms. The van der Waals surface area contributed by atoms with Gasteiger partial charge in [0.15, 0.2) is 11.5 Å². The predicted octanol–water partition coefficient (Wildman–Crippen LogP) is -2.82. The Bertz CT molecular complexity index is 442. The van der Waals surface area contributed by atoms with Gasteiger partial charge in [-0.3, -0.25) is 0 Å². The maximum atomic E-state index is 9.90. The van der Waals surface area contributed by atoms with Gasteiger partial charge in [0.1, 0.15) is 25.0 Å². The van der Waals surface area contributed by atoms with Crippen LogP contribution in [0.1, 0.15) is 12.8 Å². The molecule has 1 unspecified atom stereocenters. The first-order valence-electron chi connectivity index (χ1n) is 7.12. The van der Waals surface area contributed by atoms with Gasteiger partial charge in [-0.15, -0.1) is 0 Å². The van der Waals surface area contributed by atoms with Gasteiger partial charge in [-0.1, -0.05) is 0 Å². The first kappa shape index (κ1) is 18.7. The lowest BCUT2D eigenvalue weighted by Crippen LogP contribution is -3.00. The number of rotatable bonds is 9. The molecule has 1 aliphatic carbocycles. The average molecular weight is 334 g/mol. The number of aliphatic hydroxyl groups is 1. The van der Waals surface area contributed by atoms with E-state index in [0.29, 0.717) is 35.6 Å². The molecule has 1 atom stereocenters. The number of methoxy groups -OCH3 is 3. The quantitative estimate of drug-likeness (QED) is 0.510. The van der Waals surface area contributed by atoms with Crippen molar-refractivity contribution in [1.82, 2.24) is 0 Å². The highest BCUT2D eigenvalue weighted by molar-refractivity contribution is 5.55. The fourth-order valence-corrected chi connectivity index (χ4v) is 2.08. The number of aliphatic hydroxyl groups excluding tert-OH is 1. The highest BCUT2D eigenvalue weighted by Gasteiger charge is 2.26. The summed E-state index contributed by atoms with van der Waals surface area (Å²) in [5.41, 5.74) is 0. The van der Waals surface area contributed by atoms with E-state index >= 15 is 0 Å². The van der Waals surface area contributed by atoms with Crippen molar-refractivity contribution in [2.75, 3.05) is 34.5 Å². The van der Waals surface area contributed by atoms with Crippen LogP contribution in [0.5, 0.6) is 23.0 Å². The van der Waals surface area contributed by atoms with Gasteiger partial charge in [0.2, 0.25) is 5.75 Å². The monoisotopic (exact) mass is 333 g/mol. The van der Waals surface area contributed by atoms with Crippen LogP contribution in [0, 0.1) is 0 Å². The number of quaternary nitrogens is 1. The summed E-state index contributed by atoms with van der Waals surface area (Å²) in [6, 6.07) is 4.14. The smallest absolute Gasteiger partial charge is 0.203 e. The summed E-state index contributed by atoms with van der Waals surface area (Å²) in [7, 11) is 4.67. The van der Waals surface area contributed by atoms with Crippen LogP contribution in [-0.4, -0.2) is 51.7 Å². The van der Waals surface area contributed by atoms with E-state index in [-0.39, 0.29) is 19.0 Å². The number of benzene rings is 1. The van der Waals surface area contributed by atoms with Crippen LogP contribution in [0.3, 0.4) is 0 Å². The van der Waals surface area contributed by atoms with Gasteiger partial charge in [0.25, 0.3) is 0 Å². The Kier molecular flexibility index (Phi) is 7.58. The Hall–Kier alpha value is -1.37. The minimum atomic E-state index is -0.496. The Balaban J connectivity index is 0.00000242. The SMILES string of the molecule is COc1cc(OCC(O)C[NH2+]C2CC2)cc(OC)c1OC.[Cl-]. The van der Waals surface area contributed by atoms with Crippen LogP contribution in [0.25, 0.3) is 0 Å². The van der Waals surface area contributed by atoms with Gasteiger partial charge in [-0.2, -0.15) is 0 Å². The van der Waals surface area contributed by atoms with E-state index in [1.165, 1.54) is 12.8 Å². The van der Waals surface area contributed by atoms with Crippen LogP contribution in [0.15, 0.2) is 12.1 Å². The second-order valence-electron chi connectivity index (χ2n) is 5.13. The zero-order valence-corrected chi connectivity index (χ0v) is 13.9. The fourth-order valence-electron chi connectivity index (χ4n) is 2.08. The van der Waals surface area contributed by atoms with Crippen LogP contribution in [0.4, 0.5) is 0 Å². The molecule has 2 rings (SSSR count). The van der Waals surface area contributed by atoms with E-state index in [1.807, 2.05) is 0 Å². The summed E-state index contributed by atoms with van der Waals surface area (Å²) in [5, 5.41) is 12.1. The standard InChI is InChI=1S/C15H23NO5.ClH/c1-18-13-6-12(7-14(19-2)15(13)20-3)21-9-11(17)8-16-10-4-5-10;/h6-7,10-11,16-17H,4-5,8-9H2,1-3H3;1H. The van der Waals surface area contributed by atoms with Crippen molar-refractivity contribution < 1.29 is 41.8 Å². The van der Waals surface area contributed by atoms with Crippen molar-refractivity contribution in [2.24, 2.45) is 0 Å². The van der Waals surface area contributed by atoms with Gasteiger partial charge in [0, 0.05) is 25.0 Å². The first-order chi connectivity index (χ1) is 10.2. The van der Waals surface area contributed by atoms with Crippen molar-refractivity contribution in [3.8, 4) is 23.0 Å². The molecule has 0 saturated heterocycles. The molecule has 0 amide bonds. The first-order valence-corrected chi connectivity index (χ1v) is 7.12. The Morgan fingerprint density at radius 2 is 1.73 bits per heavy atom. The zero-order chi connectivity index (χ0) is 15.2. The predicted molar refractivity (Wildman–Crippen MR) is 77.4 cm³/mol. The van der Waals surface area contributed by atoms with E-state index in [2.05, 4.69) is 5.32 Å². The maximum Gasteiger partial charge on any atom is 0.203 e. The van der Waals surface area contributed by atoms with Crippen molar-refractivity contribution in [3.05, 3.63) is 12.1 Å². The summed E-state index contributed by atoms with van der Waals surface area (Å²) >= 11 is 0. The maximum absolute atomic E-state index is 9.90. The van der Waals surface area contributed by atoms with Crippen LogP contribution < -0.4 is 36.7 Å². The molecular formula is C15H24ClNO5. The molecule has 22 heavy (non-hydrogen) atoms. The number of nitrogens with two attached hydrogens (primary N) is 1. The normalized spacial score (nSPS) is 14.7. The second kappa shape index (κ2) is 8.92. The number of halogens is 1. The fraction of sp³-hybridized carbons (Fsp3) is 0.600. The van der Waals surface area contributed by atoms with Crippen LogP contribution in [-0.2, 0) is 0 Å². The summed E-state index contributed by atoms with van der Waals surface area (Å²) in [6.45, 7) is 0.900. The van der Waals surface area contributed by atoms with Gasteiger partial charge in [0.05, 0.1) is 27.4 Å². The summed E-state index contributed by atoms with van der Waals surface area (Å²) in [4.78, 5) is 0. The van der Waals surface area contributed by atoms with Crippen molar-refractivity contribution in [1.29, 1.82) is 0 Å². The largest absolute Gasteiger partial charge is 1.00 e. The molecule has 6 nitrogen and oxygen atoms in total. The molecule has 1 aromatic rings. The molecule has 0 radical (unpaired) electrons. The lowest BCUT2D eigenvalue weighted by molar-refractivity contribution is -0.674. The average Bonchev–Trinajstić information content (AvgIpc) is 3.33. The summed E-state index contributed by atoms with van der Waals surface area (Å²) in [6.07, 6.45) is 2.01. The third kappa shape index (κ3) is 5.12. The summed E-state index contributed by atoms with van der Waals surface area (Å²) < 4.78 is 21.4. The molecular weight excluding hydrogens is 310 g/mol. The molecule has 0 aromatic heterocycles. The second-order valence-corrected chi connectivity index (χ2v) is 5.13. The topological polar surface area (TPSA) is 73.8 Å². The third-order valence-corrected chi connectivity index (χ3v) is 3.44. The zero-order valence-electron chi connectivity index (χ0n) is 13.2. The molecule has 0 bridgehead atoms. The molecule has 0 heterocycles. The third-order valence-electron chi connectivity index (χ3n) is 3.44. The summed E-state index contributed by atoms with van der Waals surface area (Å²) in [5.74, 6) is 2.17. The lowest BCUT2D eigenvalue weighted by Gasteiger charge is -2.16. The van der Waals surface area contributed by atoms with Gasteiger partial charge >= 0.3 is 0 Å². The Labute approximate surface area is 137 Å². The van der Waals surface area contributed by atoms with Crippen molar-refractivity contribution in [2.45, 2.75) is 25.0 Å². The van der Waals surface area contributed by atoms with E-state index in [1.54, 1.807) is 33.5 Å². The molecule has 1 aliphatic rings. The highest BCUT2D eigenvalue weighted by atomic mass is 35.5.